The lowest BCUT2D eigenvalue weighted by Crippen LogP contribution is -1.94. The van der Waals surface area contributed by atoms with Crippen LogP contribution in [0.15, 0.2) is 91.3 Å². The van der Waals surface area contributed by atoms with Crippen LogP contribution in [0.2, 0.25) is 0 Å². The summed E-state index contributed by atoms with van der Waals surface area (Å²) >= 11 is 0. The van der Waals surface area contributed by atoms with E-state index in [-0.39, 0.29) is 0 Å². The van der Waals surface area contributed by atoms with Crippen molar-refractivity contribution in [3.63, 3.8) is 0 Å². The second-order valence-electron chi connectivity index (χ2n) is 9.85. The lowest BCUT2D eigenvalue weighted by Gasteiger charge is -2.13. The van der Waals surface area contributed by atoms with Gasteiger partial charge in [-0.3, -0.25) is 9.38 Å². The van der Waals surface area contributed by atoms with E-state index in [0.29, 0.717) is 0 Å². The van der Waals surface area contributed by atoms with Crippen molar-refractivity contribution < 1.29 is 0 Å². The van der Waals surface area contributed by atoms with Crippen LogP contribution in [0.5, 0.6) is 0 Å². The number of aromatic nitrogens is 3. The van der Waals surface area contributed by atoms with Crippen LogP contribution in [0.3, 0.4) is 0 Å². The molecule has 0 unspecified atom stereocenters. The molecule has 2 aliphatic carbocycles. The van der Waals surface area contributed by atoms with Gasteiger partial charge in [0.15, 0.2) is 0 Å². The summed E-state index contributed by atoms with van der Waals surface area (Å²) in [6.07, 6.45) is 5.88. The van der Waals surface area contributed by atoms with Crippen molar-refractivity contribution in [2.45, 2.75) is 12.8 Å². The number of benzene rings is 4. The Morgan fingerprint density at radius 1 is 0.629 bits per heavy atom. The maximum absolute atomic E-state index is 5.19. The van der Waals surface area contributed by atoms with Crippen molar-refractivity contribution in [1.29, 1.82) is 0 Å². The number of pyridine rings is 2. The predicted octanol–water partition coefficient (Wildman–Crippen LogP) is 7.33. The Balaban J connectivity index is 1.48. The number of nitrogens with zero attached hydrogens (tertiary/aromatic N) is 3. The lowest BCUT2D eigenvalue weighted by molar-refractivity contribution is 1.21. The molecule has 0 N–H and O–H groups in total. The third-order valence-electron chi connectivity index (χ3n) is 8.07. The van der Waals surface area contributed by atoms with Gasteiger partial charge in [-0.05, 0) is 87.0 Å². The summed E-state index contributed by atoms with van der Waals surface area (Å²) < 4.78 is 2.31. The topological polar surface area (TPSA) is 30.2 Å². The molecule has 0 aliphatic heterocycles. The first-order chi connectivity index (χ1) is 17.3. The highest BCUT2D eigenvalue weighted by Gasteiger charge is 2.28. The minimum absolute atomic E-state index is 0.977. The number of imidazole rings is 1. The van der Waals surface area contributed by atoms with Gasteiger partial charge >= 0.3 is 0 Å². The Bertz CT molecular complexity index is 2060. The Hall–Kier alpha value is -4.50. The first-order valence-electron chi connectivity index (χ1n) is 12.2. The lowest BCUT2D eigenvalue weighted by atomic mass is 9.94. The second-order valence-corrected chi connectivity index (χ2v) is 9.85. The van der Waals surface area contributed by atoms with E-state index in [2.05, 4.69) is 88.2 Å². The first-order valence-corrected chi connectivity index (χ1v) is 12.2. The maximum atomic E-state index is 5.19. The highest BCUT2D eigenvalue weighted by molar-refractivity contribution is 6.19. The number of rotatable bonds is 0. The molecule has 35 heavy (non-hydrogen) atoms. The summed E-state index contributed by atoms with van der Waals surface area (Å²) in [5, 5.41) is 3.72. The van der Waals surface area contributed by atoms with E-state index in [1.54, 1.807) is 0 Å². The molecule has 0 radical (unpaired) electrons. The van der Waals surface area contributed by atoms with Gasteiger partial charge in [0.25, 0.3) is 0 Å². The van der Waals surface area contributed by atoms with Crippen LogP contribution in [-0.2, 0) is 12.8 Å². The summed E-state index contributed by atoms with van der Waals surface area (Å²) in [6, 6.07) is 29.0. The van der Waals surface area contributed by atoms with E-state index in [4.69, 9.17) is 4.98 Å². The first kappa shape index (κ1) is 17.9. The van der Waals surface area contributed by atoms with E-state index in [9.17, 15) is 0 Å². The molecule has 9 rings (SSSR count). The van der Waals surface area contributed by atoms with Crippen LogP contribution in [0.4, 0.5) is 0 Å². The molecule has 2 aliphatic rings. The third-order valence-corrected chi connectivity index (χ3v) is 8.07. The fourth-order valence-electron chi connectivity index (χ4n) is 6.61. The number of hydrogen-bond donors (Lipinski definition) is 0. The molecule has 0 amide bonds. The van der Waals surface area contributed by atoms with Crippen molar-refractivity contribution in [2.75, 3.05) is 0 Å². The fourth-order valence-corrected chi connectivity index (χ4v) is 6.61. The SMILES string of the molecule is c1ccc2c(c1)Cc1cc3c(cc1-2)-c1c(ccc2c4ccncc4n4c5ccccc5nc4c12)C3. The van der Waals surface area contributed by atoms with Gasteiger partial charge in [0.05, 0.1) is 22.7 Å². The molecule has 0 fully saturated rings. The van der Waals surface area contributed by atoms with Crippen LogP contribution < -0.4 is 0 Å². The standard InChI is InChI=1S/C32H19N3/c1-2-6-22-18(5-1)13-20-15-21-14-19-9-10-24-23-11-12-33-17-29(23)35-28-8-4-3-7-27(28)34-32(35)31(24)30(19)26(21)16-25(20)22/h1-12,15-17H,13-14H2. The van der Waals surface area contributed by atoms with Gasteiger partial charge in [-0.25, -0.2) is 4.98 Å². The Morgan fingerprint density at radius 2 is 1.49 bits per heavy atom. The van der Waals surface area contributed by atoms with E-state index < -0.39 is 0 Å². The largest absolute Gasteiger partial charge is 0.290 e. The van der Waals surface area contributed by atoms with Gasteiger partial charge in [0, 0.05) is 17.0 Å². The minimum Gasteiger partial charge on any atom is -0.290 e. The van der Waals surface area contributed by atoms with Gasteiger partial charge in [-0.15, -0.1) is 0 Å². The molecule has 0 atom stereocenters. The Labute approximate surface area is 201 Å². The third kappa shape index (κ3) is 2.17. The zero-order valence-electron chi connectivity index (χ0n) is 18.9. The van der Waals surface area contributed by atoms with Crippen LogP contribution in [0.25, 0.3) is 60.6 Å². The molecule has 3 heterocycles. The zero-order chi connectivity index (χ0) is 22.7. The summed E-state index contributed by atoms with van der Waals surface area (Å²) in [7, 11) is 0. The Morgan fingerprint density at radius 3 is 2.49 bits per heavy atom. The molecule has 0 saturated carbocycles. The number of hydrogen-bond acceptors (Lipinski definition) is 2. The van der Waals surface area contributed by atoms with Crippen molar-refractivity contribution in [2.24, 2.45) is 0 Å². The van der Waals surface area contributed by atoms with Gasteiger partial charge in [0.1, 0.15) is 5.65 Å². The molecule has 3 aromatic heterocycles. The highest BCUT2D eigenvalue weighted by atomic mass is 15.0. The molecule has 7 aromatic rings. The maximum Gasteiger partial charge on any atom is 0.147 e. The summed E-state index contributed by atoms with van der Waals surface area (Å²) in [6.45, 7) is 0. The highest BCUT2D eigenvalue weighted by Crippen LogP contribution is 2.48. The predicted molar refractivity (Wildman–Crippen MR) is 142 cm³/mol. The van der Waals surface area contributed by atoms with Gasteiger partial charge < -0.3 is 0 Å². The number of fused-ring (bicyclic) bond motifs is 15. The second kappa shape index (κ2) is 6.13. The van der Waals surface area contributed by atoms with Crippen LogP contribution in [0, 0.1) is 0 Å². The van der Waals surface area contributed by atoms with Crippen molar-refractivity contribution >= 4 is 38.4 Å². The average molecular weight is 446 g/mol. The van der Waals surface area contributed by atoms with E-state index in [1.165, 1.54) is 60.7 Å². The number of para-hydroxylation sites is 2. The average Bonchev–Trinajstić information content (AvgIpc) is 3.58. The van der Waals surface area contributed by atoms with E-state index >= 15 is 0 Å². The van der Waals surface area contributed by atoms with Crippen LogP contribution in [0.1, 0.15) is 22.3 Å². The normalized spacial score (nSPS) is 13.5. The zero-order valence-corrected chi connectivity index (χ0v) is 18.9. The van der Waals surface area contributed by atoms with Crippen molar-refractivity contribution in [1.82, 2.24) is 14.4 Å². The van der Waals surface area contributed by atoms with Gasteiger partial charge in [-0.1, -0.05) is 54.6 Å². The molecule has 0 spiro atoms. The van der Waals surface area contributed by atoms with Crippen LogP contribution >= 0.6 is 0 Å². The fraction of sp³-hybridized carbons (Fsp3) is 0.0625. The van der Waals surface area contributed by atoms with Crippen molar-refractivity contribution in [3.8, 4) is 22.3 Å². The van der Waals surface area contributed by atoms with Gasteiger partial charge in [0.2, 0.25) is 0 Å². The van der Waals surface area contributed by atoms with Gasteiger partial charge in [-0.2, -0.15) is 0 Å². The molecular weight excluding hydrogens is 426 g/mol. The molecule has 3 heteroatoms. The summed E-state index contributed by atoms with van der Waals surface area (Å²) in [5.74, 6) is 0. The Kier molecular flexibility index (Phi) is 3.14. The van der Waals surface area contributed by atoms with E-state index in [0.717, 1.165) is 35.0 Å². The minimum atomic E-state index is 0.977. The molecule has 3 nitrogen and oxygen atoms in total. The molecule has 0 bridgehead atoms. The quantitative estimate of drug-likeness (QED) is 0.229. The van der Waals surface area contributed by atoms with Crippen molar-refractivity contribution in [3.05, 3.63) is 114 Å². The molecule has 162 valence electrons. The summed E-state index contributed by atoms with van der Waals surface area (Å²) in [4.78, 5) is 9.66. The van der Waals surface area contributed by atoms with E-state index in [1.807, 2.05) is 12.4 Å². The molecular formula is C32H19N3. The summed E-state index contributed by atoms with van der Waals surface area (Å²) in [5.41, 5.74) is 15.5. The van der Waals surface area contributed by atoms with Crippen LogP contribution in [-0.4, -0.2) is 14.4 Å². The molecule has 4 aromatic carbocycles. The smallest absolute Gasteiger partial charge is 0.147 e. The monoisotopic (exact) mass is 445 g/mol. The molecule has 0 saturated heterocycles.